The molecule has 6 heteroatoms. The third-order valence-electron chi connectivity index (χ3n) is 3.59. The maximum absolute atomic E-state index is 10.4. The molecule has 1 heterocycles. The van der Waals surface area contributed by atoms with Crippen LogP contribution in [0, 0.1) is 0 Å². The average molecular weight is 282 g/mol. The van der Waals surface area contributed by atoms with Crippen LogP contribution in [0.1, 0.15) is 12.8 Å². The van der Waals surface area contributed by atoms with Gasteiger partial charge in [-0.1, -0.05) is 0 Å². The number of methoxy groups -OCH3 is 2. The number of benzene rings is 1. The van der Waals surface area contributed by atoms with Gasteiger partial charge in [-0.05, 0) is 0 Å². The molecule has 1 saturated heterocycles. The Morgan fingerprint density at radius 2 is 1.85 bits per heavy atom. The summed E-state index contributed by atoms with van der Waals surface area (Å²) in [4.78, 5) is 0. The van der Waals surface area contributed by atoms with Crippen molar-refractivity contribution in [3.63, 3.8) is 0 Å². The standard InChI is InChI=1S/C14H22N2O4/c1-18-12-7-10(15)11(8-13(12)19-2)16-9-14(17)3-5-20-6-4-14/h7-8,16-17H,3-6,9,15H2,1-2H3. The van der Waals surface area contributed by atoms with Crippen molar-refractivity contribution in [1.82, 2.24) is 0 Å². The molecule has 4 N–H and O–H groups in total. The topological polar surface area (TPSA) is 86.0 Å². The van der Waals surface area contributed by atoms with E-state index in [9.17, 15) is 5.11 Å². The van der Waals surface area contributed by atoms with Crippen molar-refractivity contribution < 1.29 is 19.3 Å². The summed E-state index contributed by atoms with van der Waals surface area (Å²) >= 11 is 0. The zero-order chi connectivity index (χ0) is 14.6. The molecule has 0 amide bonds. The van der Waals surface area contributed by atoms with Crippen LogP contribution < -0.4 is 20.5 Å². The molecule has 20 heavy (non-hydrogen) atoms. The molecular weight excluding hydrogens is 260 g/mol. The first-order valence-electron chi connectivity index (χ1n) is 6.63. The average Bonchev–Trinajstić information content (AvgIpc) is 2.46. The van der Waals surface area contributed by atoms with Crippen LogP contribution in [0.3, 0.4) is 0 Å². The highest BCUT2D eigenvalue weighted by molar-refractivity contribution is 5.72. The first-order valence-corrected chi connectivity index (χ1v) is 6.63. The zero-order valence-corrected chi connectivity index (χ0v) is 11.9. The van der Waals surface area contributed by atoms with Gasteiger partial charge in [-0.2, -0.15) is 0 Å². The Morgan fingerprint density at radius 1 is 1.25 bits per heavy atom. The molecule has 2 rings (SSSR count). The fourth-order valence-corrected chi connectivity index (χ4v) is 2.24. The minimum Gasteiger partial charge on any atom is -0.493 e. The summed E-state index contributed by atoms with van der Waals surface area (Å²) in [7, 11) is 3.14. The van der Waals surface area contributed by atoms with Gasteiger partial charge in [0.05, 0.1) is 31.2 Å². The molecule has 6 nitrogen and oxygen atoms in total. The van der Waals surface area contributed by atoms with Gasteiger partial charge in [-0.3, -0.25) is 0 Å². The van der Waals surface area contributed by atoms with Crippen molar-refractivity contribution in [3.05, 3.63) is 12.1 Å². The van der Waals surface area contributed by atoms with Crippen LogP contribution in [0.15, 0.2) is 12.1 Å². The van der Waals surface area contributed by atoms with Gasteiger partial charge in [0.15, 0.2) is 11.5 Å². The zero-order valence-electron chi connectivity index (χ0n) is 11.9. The lowest BCUT2D eigenvalue weighted by atomic mass is 9.94. The molecule has 0 unspecified atom stereocenters. The Labute approximate surface area is 118 Å². The molecule has 0 radical (unpaired) electrons. The van der Waals surface area contributed by atoms with Crippen molar-refractivity contribution in [1.29, 1.82) is 0 Å². The van der Waals surface area contributed by atoms with E-state index in [2.05, 4.69) is 5.32 Å². The lowest BCUT2D eigenvalue weighted by molar-refractivity contribution is -0.0543. The van der Waals surface area contributed by atoms with Gasteiger partial charge in [0.2, 0.25) is 0 Å². The molecule has 1 aromatic carbocycles. The number of nitrogens with one attached hydrogen (secondary N) is 1. The maximum Gasteiger partial charge on any atom is 0.162 e. The van der Waals surface area contributed by atoms with E-state index in [0.29, 0.717) is 49.8 Å². The summed E-state index contributed by atoms with van der Waals surface area (Å²) in [6.45, 7) is 1.59. The minimum atomic E-state index is -0.752. The second-order valence-electron chi connectivity index (χ2n) is 4.98. The largest absolute Gasteiger partial charge is 0.493 e. The molecule has 0 aromatic heterocycles. The molecule has 0 spiro atoms. The van der Waals surface area contributed by atoms with E-state index in [1.807, 2.05) is 0 Å². The van der Waals surface area contributed by atoms with Crippen LogP contribution >= 0.6 is 0 Å². The summed E-state index contributed by atoms with van der Waals surface area (Å²) in [5.41, 5.74) is 6.50. The summed E-state index contributed by atoms with van der Waals surface area (Å²) in [5.74, 6) is 1.18. The third kappa shape index (κ3) is 3.26. The van der Waals surface area contributed by atoms with Crippen molar-refractivity contribution in [2.24, 2.45) is 0 Å². The van der Waals surface area contributed by atoms with E-state index in [-0.39, 0.29) is 0 Å². The second-order valence-corrected chi connectivity index (χ2v) is 4.98. The first-order chi connectivity index (χ1) is 9.58. The van der Waals surface area contributed by atoms with E-state index >= 15 is 0 Å². The molecule has 0 atom stereocenters. The monoisotopic (exact) mass is 282 g/mol. The lowest BCUT2D eigenvalue weighted by Gasteiger charge is -2.32. The van der Waals surface area contributed by atoms with E-state index in [1.165, 1.54) is 0 Å². The van der Waals surface area contributed by atoms with Gasteiger partial charge in [0.1, 0.15) is 0 Å². The molecule has 0 saturated carbocycles. The first kappa shape index (κ1) is 14.7. The Kier molecular flexibility index (Phi) is 4.57. The Hall–Kier alpha value is -1.66. The number of hydrogen-bond acceptors (Lipinski definition) is 6. The second kappa shape index (κ2) is 6.19. The number of anilines is 2. The quantitative estimate of drug-likeness (QED) is 0.704. The van der Waals surface area contributed by atoms with Crippen molar-refractivity contribution in [3.8, 4) is 11.5 Å². The number of ether oxygens (including phenoxy) is 3. The highest BCUT2D eigenvalue weighted by atomic mass is 16.5. The van der Waals surface area contributed by atoms with Gasteiger partial charge in [0.25, 0.3) is 0 Å². The molecule has 0 bridgehead atoms. The number of hydrogen-bond donors (Lipinski definition) is 3. The minimum absolute atomic E-state index is 0.427. The maximum atomic E-state index is 10.4. The van der Waals surface area contributed by atoms with E-state index in [0.717, 1.165) is 5.69 Å². The molecular formula is C14H22N2O4. The van der Waals surface area contributed by atoms with Crippen LogP contribution in [-0.2, 0) is 4.74 Å². The molecule has 1 aliphatic heterocycles. The predicted molar refractivity (Wildman–Crippen MR) is 77.5 cm³/mol. The summed E-state index contributed by atoms with van der Waals surface area (Å²) in [6.07, 6.45) is 1.24. The Bertz CT molecular complexity index is 459. The van der Waals surface area contributed by atoms with Crippen LogP contribution in [0.2, 0.25) is 0 Å². The molecule has 112 valence electrons. The van der Waals surface area contributed by atoms with Crippen LogP contribution in [0.5, 0.6) is 11.5 Å². The van der Waals surface area contributed by atoms with Crippen molar-refractivity contribution in [2.45, 2.75) is 18.4 Å². The van der Waals surface area contributed by atoms with Gasteiger partial charge in [-0.25, -0.2) is 0 Å². The van der Waals surface area contributed by atoms with Gasteiger partial charge in [0, 0.05) is 44.7 Å². The Balaban J connectivity index is 2.09. The third-order valence-corrected chi connectivity index (χ3v) is 3.59. The fraction of sp³-hybridized carbons (Fsp3) is 0.571. The van der Waals surface area contributed by atoms with E-state index in [4.69, 9.17) is 19.9 Å². The Morgan fingerprint density at radius 3 is 2.45 bits per heavy atom. The van der Waals surface area contributed by atoms with Gasteiger partial charge in [-0.15, -0.1) is 0 Å². The van der Waals surface area contributed by atoms with Gasteiger partial charge >= 0.3 is 0 Å². The molecule has 1 aromatic rings. The predicted octanol–water partition coefficient (Wildman–Crippen LogP) is 1.24. The van der Waals surface area contributed by atoms with Gasteiger partial charge < -0.3 is 30.4 Å². The molecule has 1 aliphatic rings. The number of nitrogens with two attached hydrogens (primary N) is 1. The van der Waals surface area contributed by atoms with Crippen molar-refractivity contribution >= 4 is 11.4 Å². The summed E-state index contributed by atoms with van der Waals surface area (Å²) in [5, 5.41) is 13.6. The SMILES string of the molecule is COc1cc(N)c(NCC2(O)CCOCC2)cc1OC. The van der Waals surface area contributed by atoms with E-state index < -0.39 is 5.60 Å². The number of aliphatic hydroxyl groups is 1. The van der Waals surface area contributed by atoms with Crippen LogP contribution in [0.4, 0.5) is 11.4 Å². The van der Waals surface area contributed by atoms with Crippen LogP contribution in [0.25, 0.3) is 0 Å². The summed E-state index contributed by atoms with van der Waals surface area (Å²) < 4.78 is 15.7. The number of nitrogen functional groups attached to an aromatic ring is 1. The molecule has 0 aliphatic carbocycles. The smallest absolute Gasteiger partial charge is 0.162 e. The van der Waals surface area contributed by atoms with Crippen molar-refractivity contribution in [2.75, 3.05) is 45.0 Å². The summed E-state index contributed by atoms with van der Waals surface area (Å²) in [6, 6.07) is 3.48. The highest BCUT2D eigenvalue weighted by Crippen LogP contribution is 2.35. The number of rotatable bonds is 5. The highest BCUT2D eigenvalue weighted by Gasteiger charge is 2.29. The van der Waals surface area contributed by atoms with Crippen LogP contribution in [-0.4, -0.2) is 44.7 Å². The molecule has 1 fully saturated rings. The fourth-order valence-electron chi connectivity index (χ4n) is 2.24. The normalized spacial score (nSPS) is 17.6. The van der Waals surface area contributed by atoms with E-state index in [1.54, 1.807) is 26.4 Å². The lowest BCUT2D eigenvalue weighted by Crippen LogP contribution is -2.42.